The van der Waals surface area contributed by atoms with Gasteiger partial charge in [0, 0.05) is 6.54 Å². The van der Waals surface area contributed by atoms with E-state index in [9.17, 15) is 0 Å². The number of aliphatic hydroxyl groups excluding tert-OH is 1. The van der Waals surface area contributed by atoms with E-state index in [0.29, 0.717) is 12.4 Å². The molecule has 5 heteroatoms. The monoisotopic (exact) mass is 196 g/mol. The van der Waals surface area contributed by atoms with E-state index in [1.807, 2.05) is 0 Å². The zero-order valence-corrected chi connectivity index (χ0v) is 8.27. The molecule has 14 heavy (non-hydrogen) atoms. The normalized spacial score (nSPS) is 12.7. The number of aromatic nitrogens is 2. The van der Waals surface area contributed by atoms with Gasteiger partial charge in [0.05, 0.1) is 24.2 Å². The van der Waals surface area contributed by atoms with Crippen LogP contribution in [0.5, 0.6) is 0 Å². The van der Waals surface area contributed by atoms with Crippen LogP contribution in [0.4, 0.5) is 5.82 Å². The summed E-state index contributed by atoms with van der Waals surface area (Å²) in [5, 5.41) is 12.2. The first-order valence-electron chi connectivity index (χ1n) is 4.63. The van der Waals surface area contributed by atoms with Gasteiger partial charge in [-0.05, 0) is 19.9 Å². The molecule has 1 aromatic rings. The van der Waals surface area contributed by atoms with Gasteiger partial charge in [-0.2, -0.15) is 0 Å². The Morgan fingerprint density at radius 2 is 2.29 bits per heavy atom. The lowest BCUT2D eigenvalue weighted by molar-refractivity contribution is 0.183. The summed E-state index contributed by atoms with van der Waals surface area (Å²) < 4.78 is 0. The molecule has 0 aliphatic rings. The summed E-state index contributed by atoms with van der Waals surface area (Å²) in [6.45, 7) is 3.19. The number of nitrogen functional groups attached to an aromatic ring is 1. The molecule has 0 aliphatic heterocycles. The molecule has 0 amide bonds. The Kier molecular flexibility index (Phi) is 4.28. The largest absolute Gasteiger partial charge is 0.393 e. The number of hydrogen-bond donors (Lipinski definition) is 3. The molecule has 1 rings (SSSR count). The fourth-order valence-corrected chi connectivity index (χ4v) is 0.983. The SMILES string of the molecule is CC(O)CCNCc1cnc(N)cn1. The summed E-state index contributed by atoms with van der Waals surface area (Å²) in [6, 6.07) is 0. The van der Waals surface area contributed by atoms with E-state index in [1.165, 1.54) is 6.20 Å². The van der Waals surface area contributed by atoms with Crippen LogP contribution in [0.1, 0.15) is 19.0 Å². The van der Waals surface area contributed by atoms with Crippen LogP contribution in [0.15, 0.2) is 12.4 Å². The summed E-state index contributed by atoms with van der Waals surface area (Å²) in [7, 11) is 0. The Morgan fingerprint density at radius 3 is 2.86 bits per heavy atom. The lowest BCUT2D eigenvalue weighted by Crippen LogP contribution is -2.19. The van der Waals surface area contributed by atoms with Gasteiger partial charge in [0.1, 0.15) is 5.82 Å². The maximum atomic E-state index is 9.00. The first-order valence-corrected chi connectivity index (χ1v) is 4.63. The average Bonchev–Trinajstić information content (AvgIpc) is 2.15. The van der Waals surface area contributed by atoms with Gasteiger partial charge in [0.2, 0.25) is 0 Å². The summed E-state index contributed by atoms with van der Waals surface area (Å²) in [4.78, 5) is 8.00. The second kappa shape index (κ2) is 5.51. The molecule has 0 bridgehead atoms. The molecule has 1 aromatic heterocycles. The van der Waals surface area contributed by atoms with Crippen molar-refractivity contribution in [1.29, 1.82) is 0 Å². The van der Waals surface area contributed by atoms with Crippen molar-refractivity contribution in [2.24, 2.45) is 0 Å². The van der Waals surface area contributed by atoms with E-state index in [-0.39, 0.29) is 6.10 Å². The zero-order valence-electron chi connectivity index (χ0n) is 8.27. The molecule has 1 atom stereocenters. The van der Waals surface area contributed by atoms with Crippen molar-refractivity contribution in [1.82, 2.24) is 15.3 Å². The number of nitrogens with zero attached hydrogens (tertiary/aromatic N) is 2. The lowest BCUT2D eigenvalue weighted by Gasteiger charge is -2.05. The second-order valence-corrected chi connectivity index (χ2v) is 3.25. The average molecular weight is 196 g/mol. The number of aliphatic hydroxyl groups is 1. The second-order valence-electron chi connectivity index (χ2n) is 3.25. The summed E-state index contributed by atoms with van der Waals surface area (Å²) >= 11 is 0. The molecule has 0 spiro atoms. The van der Waals surface area contributed by atoms with Gasteiger partial charge >= 0.3 is 0 Å². The molecule has 0 saturated heterocycles. The molecule has 0 saturated carbocycles. The number of nitrogens with two attached hydrogens (primary N) is 1. The van der Waals surface area contributed by atoms with E-state index in [4.69, 9.17) is 10.8 Å². The van der Waals surface area contributed by atoms with Gasteiger partial charge in [0.25, 0.3) is 0 Å². The molecular weight excluding hydrogens is 180 g/mol. The van der Waals surface area contributed by atoms with E-state index in [1.54, 1.807) is 13.1 Å². The molecule has 0 aliphatic carbocycles. The minimum absolute atomic E-state index is 0.264. The third-order valence-corrected chi connectivity index (χ3v) is 1.77. The number of hydrogen-bond acceptors (Lipinski definition) is 5. The molecule has 0 radical (unpaired) electrons. The number of rotatable bonds is 5. The van der Waals surface area contributed by atoms with Crippen molar-refractivity contribution >= 4 is 5.82 Å². The van der Waals surface area contributed by atoms with Crippen LogP contribution in [0, 0.1) is 0 Å². The fraction of sp³-hybridized carbons (Fsp3) is 0.556. The van der Waals surface area contributed by atoms with Crippen molar-refractivity contribution in [2.75, 3.05) is 12.3 Å². The Labute approximate surface area is 83.4 Å². The molecule has 78 valence electrons. The van der Waals surface area contributed by atoms with Crippen LogP contribution >= 0.6 is 0 Å². The van der Waals surface area contributed by atoms with E-state index >= 15 is 0 Å². The smallest absolute Gasteiger partial charge is 0.141 e. The van der Waals surface area contributed by atoms with Crippen LogP contribution in [0.2, 0.25) is 0 Å². The Morgan fingerprint density at radius 1 is 1.50 bits per heavy atom. The van der Waals surface area contributed by atoms with E-state index in [2.05, 4.69) is 15.3 Å². The van der Waals surface area contributed by atoms with Crippen molar-refractivity contribution in [2.45, 2.75) is 26.0 Å². The van der Waals surface area contributed by atoms with Crippen LogP contribution in [0.3, 0.4) is 0 Å². The van der Waals surface area contributed by atoms with Gasteiger partial charge < -0.3 is 16.2 Å². The predicted octanol–water partition coefficient (Wildman–Crippen LogP) is -0.0807. The predicted molar refractivity (Wildman–Crippen MR) is 54.4 cm³/mol. The molecule has 1 heterocycles. The topological polar surface area (TPSA) is 84.1 Å². The first kappa shape index (κ1) is 10.9. The van der Waals surface area contributed by atoms with Gasteiger partial charge in [0.15, 0.2) is 0 Å². The van der Waals surface area contributed by atoms with Gasteiger partial charge in [-0.1, -0.05) is 0 Å². The highest BCUT2D eigenvalue weighted by molar-refractivity contribution is 5.22. The van der Waals surface area contributed by atoms with Crippen molar-refractivity contribution < 1.29 is 5.11 Å². The van der Waals surface area contributed by atoms with Crippen LogP contribution in [-0.2, 0) is 6.54 Å². The van der Waals surface area contributed by atoms with Crippen molar-refractivity contribution in [3.05, 3.63) is 18.1 Å². The summed E-state index contributed by atoms with van der Waals surface area (Å²) in [5.41, 5.74) is 6.25. The summed E-state index contributed by atoms with van der Waals surface area (Å²) in [5.74, 6) is 0.428. The molecule has 4 N–H and O–H groups in total. The summed E-state index contributed by atoms with van der Waals surface area (Å²) in [6.07, 6.45) is 3.65. The highest BCUT2D eigenvalue weighted by Crippen LogP contribution is 1.95. The molecular formula is C9H16N4O. The highest BCUT2D eigenvalue weighted by atomic mass is 16.3. The quantitative estimate of drug-likeness (QED) is 0.574. The van der Waals surface area contributed by atoms with Crippen molar-refractivity contribution in [3.8, 4) is 0 Å². The standard InChI is InChI=1S/C9H16N4O/c1-7(14)2-3-11-4-8-5-13-9(10)6-12-8/h5-7,11,14H,2-4H2,1H3,(H2,10,13). The molecule has 1 unspecified atom stereocenters. The van der Waals surface area contributed by atoms with E-state index < -0.39 is 0 Å². The van der Waals surface area contributed by atoms with E-state index in [0.717, 1.165) is 18.7 Å². The minimum atomic E-state index is -0.264. The fourth-order valence-electron chi connectivity index (χ4n) is 0.983. The Bertz CT molecular complexity index is 260. The van der Waals surface area contributed by atoms with Crippen molar-refractivity contribution in [3.63, 3.8) is 0 Å². The third kappa shape index (κ3) is 4.15. The molecule has 0 aromatic carbocycles. The van der Waals surface area contributed by atoms with Gasteiger partial charge in [-0.25, -0.2) is 4.98 Å². The van der Waals surface area contributed by atoms with Crippen LogP contribution in [-0.4, -0.2) is 27.7 Å². The van der Waals surface area contributed by atoms with Crippen LogP contribution in [0.25, 0.3) is 0 Å². The Hall–Kier alpha value is -1.20. The van der Waals surface area contributed by atoms with Gasteiger partial charge in [-0.3, -0.25) is 4.98 Å². The number of anilines is 1. The third-order valence-electron chi connectivity index (χ3n) is 1.77. The molecule has 0 fully saturated rings. The zero-order chi connectivity index (χ0) is 10.4. The maximum absolute atomic E-state index is 9.00. The first-order chi connectivity index (χ1) is 6.68. The minimum Gasteiger partial charge on any atom is -0.393 e. The highest BCUT2D eigenvalue weighted by Gasteiger charge is 1.97. The maximum Gasteiger partial charge on any atom is 0.141 e. The van der Waals surface area contributed by atoms with Crippen LogP contribution < -0.4 is 11.1 Å². The number of nitrogens with one attached hydrogen (secondary N) is 1. The lowest BCUT2D eigenvalue weighted by atomic mass is 10.3. The Balaban J connectivity index is 2.21. The van der Waals surface area contributed by atoms with Gasteiger partial charge in [-0.15, -0.1) is 0 Å². The molecule has 5 nitrogen and oxygen atoms in total.